The van der Waals surface area contributed by atoms with Gasteiger partial charge < -0.3 is 25.8 Å². The highest BCUT2D eigenvalue weighted by atomic mass is 19.1. The summed E-state index contributed by atoms with van der Waals surface area (Å²) in [5.74, 6) is -0.0693. The van der Waals surface area contributed by atoms with Gasteiger partial charge in [0.05, 0.1) is 28.0 Å². The topological polar surface area (TPSA) is 112 Å². The fraction of sp³-hybridized carbons (Fsp3) is 0.370. The SMILES string of the molecule is Cc1nc2c(OCc3c(F)cccc3F)cccn2c1C1N=C(NCC2(O)CC2)C2=C(NC(=O)C2(C)C)N1. The van der Waals surface area contributed by atoms with Crippen molar-refractivity contribution in [2.75, 3.05) is 6.54 Å². The number of nitrogens with one attached hydrogen (secondary N) is 3. The number of carbonyl (C=O) groups excluding carboxylic acids is 1. The van der Waals surface area contributed by atoms with Crippen molar-refractivity contribution in [2.24, 2.45) is 10.4 Å². The minimum absolute atomic E-state index is 0.152. The number of amides is 1. The molecule has 1 fully saturated rings. The number of hydrogen-bond donors (Lipinski definition) is 4. The van der Waals surface area contributed by atoms with Crippen LogP contribution in [0, 0.1) is 24.0 Å². The highest BCUT2D eigenvalue weighted by Crippen LogP contribution is 2.40. The maximum Gasteiger partial charge on any atom is 0.235 e. The molecule has 1 atom stereocenters. The van der Waals surface area contributed by atoms with E-state index in [1.165, 1.54) is 18.2 Å². The molecule has 4 heterocycles. The first kappa shape index (κ1) is 24.4. The molecule has 0 bridgehead atoms. The molecule has 1 aromatic carbocycles. The molecule has 198 valence electrons. The van der Waals surface area contributed by atoms with Crippen molar-refractivity contribution in [3.63, 3.8) is 0 Å². The summed E-state index contributed by atoms with van der Waals surface area (Å²) in [5.41, 5.74) is 0.806. The van der Waals surface area contributed by atoms with Gasteiger partial charge in [0.2, 0.25) is 5.91 Å². The fourth-order valence-corrected chi connectivity index (χ4v) is 4.91. The molecule has 38 heavy (non-hydrogen) atoms. The van der Waals surface area contributed by atoms with Gasteiger partial charge in [0.15, 0.2) is 17.6 Å². The number of imidazole rings is 1. The van der Waals surface area contributed by atoms with Gasteiger partial charge in [-0.3, -0.25) is 9.20 Å². The molecule has 3 aliphatic rings. The van der Waals surface area contributed by atoms with Crippen LogP contribution in [0.3, 0.4) is 0 Å². The first-order chi connectivity index (χ1) is 18.1. The summed E-state index contributed by atoms with van der Waals surface area (Å²) in [5, 5.41) is 19.9. The molecule has 1 unspecified atom stereocenters. The molecule has 0 saturated heterocycles. The summed E-state index contributed by atoms with van der Waals surface area (Å²) in [6, 6.07) is 7.12. The summed E-state index contributed by atoms with van der Waals surface area (Å²) in [7, 11) is 0. The van der Waals surface area contributed by atoms with Crippen LogP contribution in [-0.4, -0.2) is 38.4 Å². The quantitative estimate of drug-likeness (QED) is 0.396. The van der Waals surface area contributed by atoms with E-state index in [0.717, 1.165) is 0 Å². The molecule has 3 aromatic rings. The lowest BCUT2D eigenvalue weighted by atomic mass is 9.84. The number of benzene rings is 1. The molecule has 0 radical (unpaired) electrons. The molecule has 0 spiro atoms. The van der Waals surface area contributed by atoms with Crippen LogP contribution >= 0.6 is 0 Å². The van der Waals surface area contributed by atoms with Crippen LogP contribution in [0.1, 0.15) is 49.8 Å². The van der Waals surface area contributed by atoms with E-state index >= 15 is 0 Å². The Kier molecular flexibility index (Phi) is 5.46. The number of fused-ring (bicyclic) bond motifs is 1. The van der Waals surface area contributed by atoms with E-state index < -0.39 is 28.8 Å². The van der Waals surface area contributed by atoms with Crippen molar-refractivity contribution >= 4 is 17.4 Å². The Bertz CT molecular complexity index is 1520. The van der Waals surface area contributed by atoms with Crippen molar-refractivity contribution in [3.05, 3.63) is 76.5 Å². The summed E-state index contributed by atoms with van der Waals surface area (Å²) in [4.78, 5) is 22.4. The minimum Gasteiger partial charge on any atom is -0.485 e. The Balaban J connectivity index is 1.35. The third-order valence-corrected chi connectivity index (χ3v) is 7.40. The van der Waals surface area contributed by atoms with E-state index in [1.807, 2.05) is 25.2 Å². The second kappa shape index (κ2) is 8.52. The molecule has 2 aliphatic heterocycles. The van der Waals surface area contributed by atoms with Gasteiger partial charge in [0.25, 0.3) is 0 Å². The number of aromatic nitrogens is 2. The van der Waals surface area contributed by atoms with Crippen molar-refractivity contribution < 1.29 is 23.4 Å². The number of aryl methyl sites for hydroxylation is 1. The number of halogens is 2. The first-order valence-electron chi connectivity index (χ1n) is 12.5. The van der Waals surface area contributed by atoms with E-state index in [0.29, 0.717) is 59.4 Å². The molecule has 2 aromatic heterocycles. The smallest absolute Gasteiger partial charge is 0.235 e. The van der Waals surface area contributed by atoms with Crippen molar-refractivity contribution in [2.45, 2.75) is 52.0 Å². The van der Waals surface area contributed by atoms with E-state index in [1.54, 1.807) is 18.3 Å². The Morgan fingerprint density at radius 3 is 2.66 bits per heavy atom. The van der Waals surface area contributed by atoms with Gasteiger partial charge in [-0.25, -0.2) is 18.8 Å². The third-order valence-electron chi connectivity index (χ3n) is 7.40. The number of carbonyl (C=O) groups is 1. The van der Waals surface area contributed by atoms with Crippen LogP contribution in [0.15, 0.2) is 52.9 Å². The van der Waals surface area contributed by atoms with Crippen LogP contribution in [-0.2, 0) is 11.4 Å². The van der Waals surface area contributed by atoms with Gasteiger partial charge in [-0.05, 0) is 57.9 Å². The largest absolute Gasteiger partial charge is 0.485 e. The molecule has 9 nitrogen and oxygen atoms in total. The highest BCUT2D eigenvalue weighted by Gasteiger charge is 2.47. The number of hydrogen-bond acceptors (Lipinski definition) is 7. The summed E-state index contributed by atoms with van der Waals surface area (Å²) in [6.45, 7) is 5.53. The second-order valence-electron chi connectivity index (χ2n) is 10.6. The number of nitrogens with zero attached hydrogens (tertiary/aromatic N) is 3. The minimum atomic E-state index is -0.817. The maximum absolute atomic E-state index is 14.1. The number of aliphatic imine (C=N–C) groups is 1. The molecular weight excluding hydrogens is 494 g/mol. The van der Waals surface area contributed by atoms with Gasteiger partial charge in [0, 0.05) is 18.3 Å². The van der Waals surface area contributed by atoms with Crippen LogP contribution in [0.5, 0.6) is 5.75 Å². The molecule has 1 amide bonds. The number of aliphatic hydroxyl groups is 1. The Labute approximate surface area is 217 Å². The Hall–Kier alpha value is -3.99. The lowest BCUT2D eigenvalue weighted by Crippen LogP contribution is -2.42. The zero-order valence-electron chi connectivity index (χ0n) is 21.2. The van der Waals surface area contributed by atoms with Crippen molar-refractivity contribution in [1.82, 2.24) is 25.3 Å². The van der Waals surface area contributed by atoms with Crippen LogP contribution in [0.4, 0.5) is 8.78 Å². The average Bonchev–Trinajstić information content (AvgIpc) is 3.43. The summed E-state index contributed by atoms with van der Waals surface area (Å²) < 4.78 is 35.9. The van der Waals surface area contributed by atoms with Crippen LogP contribution in [0.25, 0.3) is 5.65 Å². The highest BCUT2D eigenvalue weighted by molar-refractivity contribution is 6.09. The average molecular weight is 523 g/mol. The number of ether oxygens (including phenoxy) is 1. The van der Waals surface area contributed by atoms with E-state index in [9.17, 15) is 18.7 Å². The number of amidine groups is 1. The first-order valence-corrected chi connectivity index (χ1v) is 12.5. The zero-order chi connectivity index (χ0) is 26.8. The number of pyridine rings is 1. The number of rotatable bonds is 6. The van der Waals surface area contributed by atoms with Crippen LogP contribution in [0.2, 0.25) is 0 Å². The van der Waals surface area contributed by atoms with Gasteiger partial charge in [0.1, 0.15) is 29.9 Å². The maximum atomic E-state index is 14.1. The summed E-state index contributed by atoms with van der Waals surface area (Å²) >= 11 is 0. The predicted octanol–water partition coefficient (Wildman–Crippen LogP) is 2.98. The molecule has 11 heteroatoms. The van der Waals surface area contributed by atoms with Crippen LogP contribution < -0.4 is 20.7 Å². The molecular formula is C27H28F2N6O3. The van der Waals surface area contributed by atoms with Gasteiger partial charge in [-0.1, -0.05) is 6.07 Å². The second-order valence-corrected chi connectivity index (χ2v) is 10.6. The molecule has 6 rings (SSSR count). The molecule has 4 N–H and O–H groups in total. The molecule has 1 aliphatic carbocycles. The standard InChI is InChI=1S/C27H28F2N6O3/c1-14-20(35-11-5-8-18(24(35)31-14)38-12-15-16(28)6-4-7-17(15)29)23-32-21(30-13-27(37)9-10-27)19-22(33-23)34-25(36)26(19,2)3/h4-8,11,23,33,37H,9-10,12-13H2,1-3H3,(H,30,32)(H,34,36). The van der Waals surface area contributed by atoms with E-state index in [4.69, 9.17) is 9.73 Å². The lowest BCUT2D eigenvalue weighted by molar-refractivity contribution is -0.125. The normalized spacial score (nSPS) is 21.1. The van der Waals surface area contributed by atoms with Gasteiger partial charge >= 0.3 is 0 Å². The van der Waals surface area contributed by atoms with Crippen molar-refractivity contribution in [1.29, 1.82) is 0 Å². The lowest BCUT2D eigenvalue weighted by Gasteiger charge is -2.29. The third kappa shape index (κ3) is 3.97. The van der Waals surface area contributed by atoms with Crippen molar-refractivity contribution in [3.8, 4) is 5.75 Å². The van der Waals surface area contributed by atoms with E-state index in [2.05, 4.69) is 20.9 Å². The Morgan fingerprint density at radius 1 is 1.21 bits per heavy atom. The fourth-order valence-electron chi connectivity index (χ4n) is 4.91. The molecule has 1 saturated carbocycles. The van der Waals surface area contributed by atoms with Gasteiger partial charge in [-0.2, -0.15) is 0 Å². The monoisotopic (exact) mass is 522 g/mol. The summed E-state index contributed by atoms with van der Waals surface area (Å²) in [6.07, 6.45) is 2.62. The predicted molar refractivity (Wildman–Crippen MR) is 135 cm³/mol. The van der Waals surface area contributed by atoms with Gasteiger partial charge in [-0.15, -0.1) is 0 Å². The zero-order valence-corrected chi connectivity index (χ0v) is 21.2. The Morgan fingerprint density at radius 2 is 1.95 bits per heavy atom. The van der Waals surface area contributed by atoms with E-state index in [-0.39, 0.29) is 18.1 Å².